The van der Waals surface area contributed by atoms with E-state index in [1.807, 2.05) is 0 Å². The lowest BCUT2D eigenvalue weighted by Gasteiger charge is -2.19. The summed E-state index contributed by atoms with van der Waals surface area (Å²) in [6.45, 7) is 2.94. The molecule has 4 atom stereocenters. The molecule has 1 aromatic heterocycles. The van der Waals surface area contributed by atoms with E-state index >= 15 is 0 Å². The summed E-state index contributed by atoms with van der Waals surface area (Å²) in [7, 11) is 1.48. The average molecular weight is 329 g/mol. The van der Waals surface area contributed by atoms with Gasteiger partial charge in [-0.2, -0.15) is 0 Å². The first kappa shape index (κ1) is 17.2. The Morgan fingerprint density at radius 1 is 1.41 bits per heavy atom. The molecular weight excluding hydrogens is 305 g/mol. The maximum atomic E-state index is 12.2. The van der Waals surface area contributed by atoms with E-state index in [4.69, 9.17) is 10.1 Å². The van der Waals surface area contributed by atoms with Crippen molar-refractivity contribution >= 4 is 13.2 Å². The van der Waals surface area contributed by atoms with Crippen molar-refractivity contribution in [2.75, 3.05) is 19.5 Å². The Morgan fingerprint density at radius 3 is 2.64 bits per heavy atom. The topological polar surface area (TPSA) is 100 Å². The van der Waals surface area contributed by atoms with Crippen LogP contribution in [0.2, 0.25) is 0 Å². The summed E-state index contributed by atoms with van der Waals surface area (Å²) in [6.07, 6.45) is 3.29. The first-order valence-electron chi connectivity index (χ1n) is 7.13. The molecule has 0 radical (unpaired) electrons. The van der Waals surface area contributed by atoms with E-state index in [0.717, 1.165) is 10.7 Å². The van der Waals surface area contributed by atoms with Gasteiger partial charge in [0, 0.05) is 13.2 Å². The summed E-state index contributed by atoms with van der Waals surface area (Å²) in [5.74, 6) is 0. The Balaban J connectivity index is 2.24. The summed E-state index contributed by atoms with van der Waals surface area (Å²) in [5.41, 5.74) is -0.399. The maximum Gasteiger partial charge on any atom is 0.331 e. The molecule has 124 valence electrons. The van der Waals surface area contributed by atoms with Crippen molar-refractivity contribution in [3.8, 4) is 0 Å². The Kier molecular flexibility index (Phi) is 4.82. The molecule has 8 heteroatoms. The SMILES string of the molecule is C=P(C)(C)CCC1O[C@@H](n2ccc(=N)n(C)c2=O)[C@H](O)[C@@H]1O. The first-order valence-corrected chi connectivity index (χ1v) is 10.2. The molecule has 1 unspecified atom stereocenters. The van der Waals surface area contributed by atoms with Gasteiger partial charge in [0.05, 0.1) is 6.10 Å². The van der Waals surface area contributed by atoms with Crippen LogP contribution in [-0.4, -0.2) is 63.5 Å². The fraction of sp³-hybridized carbons (Fsp3) is 0.643. The molecule has 7 nitrogen and oxygen atoms in total. The average Bonchev–Trinajstić information content (AvgIpc) is 2.70. The minimum atomic E-state index is -1.25. The zero-order valence-corrected chi connectivity index (χ0v) is 14.0. The fourth-order valence-electron chi connectivity index (χ4n) is 2.47. The lowest BCUT2D eigenvalue weighted by Crippen LogP contribution is -2.41. The van der Waals surface area contributed by atoms with Gasteiger partial charge in [-0.3, -0.25) is 14.5 Å². The highest BCUT2D eigenvalue weighted by Crippen LogP contribution is 2.39. The molecule has 0 aliphatic carbocycles. The summed E-state index contributed by atoms with van der Waals surface area (Å²) in [4.78, 5) is 12.2. The molecule has 1 aromatic rings. The Labute approximate surface area is 129 Å². The van der Waals surface area contributed by atoms with Crippen LogP contribution in [0.4, 0.5) is 0 Å². The molecule has 3 N–H and O–H groups in total. The highest BCUT2D eigenvalue weighted by atomic mass is 31.2. The van der Waals surface area contributed by atoms with Gasteiger partial charge in [-0.05, 0) is 32.0 Å². The molecule has 0 bridgehead atoms. The summed E-state index contributed by atoms with van der Waals surface area (Å²) >= 11 is 0. The van der Waals surface area contributed by atoms with Gasteiger partial charge in [-0.25, -0.2) is 4.79 Å². The van der Waals surface area contributed by atoms with Crippen LogP contribution in [0, 0.1) is 5.41 Å². The van der Waals surface area contributed by atoms with E-state index in [1.165, 1.54) is 23.9 Å². The molecule has 2 heterocycles. The normalized spacial score (nSPS) is 29.0. The van der Waals surface area contributed by atoms with Gasteiger partial charge in [-0.1, -0.05) is 0 Å². The van der Waals surface area contributed by atoms with Crippen molar-refractivity contribution in [1.29, 1.82) is 5.41 Å². The van der Waals surface area contributed by atoms with E-state index in [2.05, 4.69) is 19.6 Å². The Morgan fingerprint density at radius 2 is 2.05 bits per heavy atom. The highest BCUT2D eigenvalue weighted by Gasteiger charge is 2.43. The van der Waals surface area contributed by atoms with Crippen molar-refractivity contribution in [3.05, 3.63) is 28.2 Å². The van der Waals surface area contributed by atoms with Gasteiger partial charge >= 0.3 is 5.69 Å². The molecule has 1 saturated heterocycles. The van der Waals surface area contributed by atoms with Gasteiger partial charge in [0.25, 0.3) is 0 Å². The van der Waals surface area contributed by atoms with E-state index in [-0.39, 0.29) is 5.49 Å². The number of aliphatic hydroxyl groups excluding tert-OH is 2. The number of nitrogens with one attached hydrogen (secondary N) is 1. The minimum Gasteiger partial charge on any atom is -0.388 e. The molecule has 1 aliphatic heterocycles. The van der Waals surface area contributed by atoms with E-state index in [0.29, 0.717) is 6.42 Å². The smallest absolute Gasteiger partial charge is 0.331 e. The fourth-order valence-corrected chi connectivity index (χ4v) is 3.42. The highest BCUT2D eigenvalue weighted by molar-refractivity contribution is 7.72. The molecule has 1 aliphatic rings. The molecule has 1 fully saturated rings. The Hall–Kier alpha value is -1.14. The number of hydrogen-bond acceptors (Lipinski definition) is 5. The minimum absolute atomic E-state index is 0.0643. The molecule has 22 heavy (non-hydrogen) atoms. The third kappa shape index (κ3) is 3.43. The van der Waals surface area contributed by atoms with Gasteiger partial charge in [0.1, 0.15) is 17.7 Å². The predicted molar refractivity (Wildman–Crippen MR) is 86.8 cm³/mol. The second kappa shape index (κ2) is 6.16. The van der Waals surface area contributed by atoms with Gasteiger partial charge in [-0.15, -0.1) is 13.2 Å². The van der Waals surface area contributed by atoms with Crippen molar-refractivity contribution in [2.45, 2.75) is 31.0 Å². The van der Waals surface area contributed by atoms with Crippen LogP contribution in [0.15, 0.2) is 17.1 Å². The van der Waals surface area contributed by atoms with Crippen LogP contribution in [-0.2, 0) is 11.8 Å². The van der Waals surface area contributed by atoms with Crippen LogP contribution in [0.3, 0.4) is 0 Å². The standard InChI is InChI=1S/C14H24N3O4P/c1-16-10(15)5-7-17(14(16)20)13-12(19)11(18)9(21-13)6-8-22(2,3)4/h5,7,9,11-13,15,18-19H,2,6,8H2,1,3-4H3/t9?,11-,12-,13-/m1/s1. The van der Waals surface area contributed by atoms with Crippen LogP contribution in [0.5, 0.6) is 0 Å². The van der Waals surface area contributed by atoms with E-state index < -0.39 is 37.1 Å². The second-order valence-electron chi connectivity index (χ2n) is 6.44. The zero-order chi connectivity index (χ0) is 16.7. The number of nitrogens with zero attached hydrogens (tertiary/aromatic N) is 2. The number of aliphatic hydroxyl groups is 2. The molecule has 2 rings (SSSR count). The van der Waals surface area contributed by atoms with Crippen LogP contribution >= 0.6 is 6.89 Å². The van der Waals surface area contributed by atoms with Gasteiger partial charge in [0.15, 0.2) is 6.23 Å². The Bertz CT molecular complexity index is 705. The van der Waals surface area contributed by atoms with Crippen molar-refractivity contribution in [1.82, 2.24) is 9.13 Å². The van der Waals surface area contributed by atoms with Crippen molar-refractivity contribution < 1.29 is 14.9 Å². The first-order chi connectivity index (χ1) is 10.1. The predicted octanol–water partition coefficient (Wildman–Crippen LogP) is -0.615. The number of ether oxygens (including phenoxy) is 1. The number of rotatable bonds is 4. The van der Waals surface area contributed by atoms with Gasteiger partial charge in [0.2, 0.25) is 0 Å². The molecular formula is C14H24N3O4P. The third-order valence-electron chi connectivity index (χ3n) is 3.89. The molecule has 0 amide bonds. The number of hydrogen-bond donors (Lipinski definition) is 3. The van der Waals surface area contributed by atoms with E-state index in [1.54, 1.807) is 0 Å². The van der Waals surface area contributed by atoms with Crippen molar-refractivity contribution in [2.24, 2.45) is 7.05 Å². The largest absolute Gasteiger partial charge is 0.388 e. The zero-order valence-electron chi connectivity index (χ0n) is 13.1. The quantitative estimate of drug-likeness (QED) is 0.641. The maximum absolute atomic E-state index is 12.2. The molecule has 0 aromatic carbocycles. The van der Waals surface area contributed by atoms with Crippen LogP contribution in [0.1, 0.15) is 12.6 Å². The lowest BCUT2D eigenvalue weighted by atomic mass is 10.1. The lowest BCUT2D eigenvalue weighted by molar-refractivity contribution is -0.0408. The molecule has 0 saturated carbocycles. The van der Waals surface area contributed by atoms with Crippen LogP contribution < -0.4 is 11.2 Å². The molecule has 0 spiro atoms. The summed E-state index contributed by atoms with van der Waals surface area (Å²) in [6, 6.07) is 1.45. The summed E-state index contributed by atoms with van der Waals surface area (Å²) < 4.78 is 8.09. The third-order valence-corrected chi connectivity index (χ3v) is 5.36. The van der Waals surface area contributed by atoms with Gasteiger partial charge < -0.3 is 14.9 Å². The van der Waals surface area contributed by atoms with E-state index in [9.17, 15) is 15.0 Å². The monoisotopic (exact) mass is 329 g/mol. The van der Waals surface area contributed by atoms with Crippen molar-refractivity contribution in [3.63, 3.8) is 0 Å². The number of aromatic nitrogens is 2. The second-order valence-corrected chi connectivity index (χ2v) is 10.8. The van der Waals surface area contributed by atoms with Crippen LogP contribution in [0.25, 0.3) is 0 Å². The summed E-state index contributed by atoms with van der Waals surface area (Å²) in [5, 5.41) is 27.9.